The fourth-order valence-corrected chi connectivity index (χ4v) is 3.79. The Bertz CT molecular complexity index is 1010. The van der Waals surface area contributed by atoms with Crippen LogP contribution in [0.5, 0.6) is 0 Å². The van der Waals surface area contributed by atoms with E-state index in [2.05, 4.69) is 10.6 Å². The van der Waals surface area contributed by atoms with Gasteiger partial charge in [-0.1, -0.05) is 37.0 Å². The zero-order valence-electron chi connectivity index (χ0n) is 16.9. The van der Waals surface area contributed by atoms with Crippen LogP contribution in [0.2, 0.25) is 10.0 Å². The highest BCUT2D eigenvalue weighted by atomic mass is 35.5. The Kier molecular flexibility index (Phi) is 8.43. The molecule has 11 heteroatoms. The van der Waals surface area contributed by atoms with Crippen LogP contribution in [-0.4, -0.2) is 35.8 Å². The van der Waals surface area contributed by atoms with Crippen LogP contribution in [0, 0.1) is 5.92 Å². The maximum atomic E-state index is 12.6. The summed E-state index contributed by atoms with van der Waals surface area (Å²) in [5.74, 6) is -3.05. The van der Waals surface area contributed by atoms with Crippen molar-refractivity contribution in [3.63, 3.8) is 0 Å². The van der Waals surface area contributed by atoms with Gasteiger partial charge in [0.05, 0.1) is 16.1 Å². The second-order valence-electron chi connectivity index (χ2n) is 6.92. The van der Waals surface area contributed by atoms with Gasteiger partial charge in [0.25, 0.3) is 17.7 Å². The molecule has 0 unspecified atom stereocenters. The van der Waals surface area contributed by atoms with Crippen LogP contribution >= 0.6 is 34.5 Å². The molecule has 2 aromatic rings. The van der Waals surface area contributed by atoms with Gasteiger partial charge in [-0.3, -0.25) is 14.4 Å². The third kappa shape index (κ3) is 6.43. The first-order valence-electron chi connectivity index (χ1n) is 9.15. The number of halogens is 2. The van der Waals surface area contributed by atoms with E-state index in [0.717, 1.165) is 11.3 Å². The second kappa shape index (κ2) is 10.6. The van der Waals surface area contributed by atoms with Gasteiger partial charge in [-0.25, -0.2) is 4.79 Å². The molecule has 0 fully saturated rings. The molecule has 0 aliphatic heterocycles. The van der Waals surface area contributed by atoms with Crippen molar-refractivity contribution in [2.45, 2.75) is 32.9 Å². The lowest BCUT2D eigenvalue weighted by molar-refractivity contribution is -0.156. The van der Waals surface area contributed by atoms with Crippen LogP contribution < -0.4 is 16.4 Å². The SMILES string of the molecule is CC(C)[C@H](NC(=O)c1ccc(Cl)cc1Cl)C(=O)O[C@@H](C)C(=O)Nc1sccc1C(N)=O. The number of amides is 3. The highest BCUT2D eigenvalue weighted by Crippen LogP contribution is 2.23. The Morgan fingerprint density at radius 3 is 2.32 bits per heavy atom. The average molecular weight is 486 g/mol. The minimum Gasteiger partial charge on any atom is -0.451 e. The molecule has 0 spiro atoms. The van der Waals surface area contributed by atoms with Crippen molar-refractivity contribution < 1.29 is 23.9 Å². The lowest BCUT2D eigenvalue weighted by Crippen LogP contribution is -2.47. The van der Waals surface area contributed by atoms with E-state index < -0.39 is 35.8 Å². The number of hydrogen-bond acceptors (Lipinski definition) is 6. The Labute approximate surface area is 193 Å². The third-order valence-electron chi connectivity index (χ3n) is 4.21. The molecule has 2 atom stereocenters. The van der Waals surface area contributed by atoms with E-state index in [9.17, 15) is 19.2 Å². The van der Waals surface area contributed by atoms with Crippen molar-refractivity contribution >= 4 is 63.2 Å². The number of nitrogens with one attached hydrogen (secondary N) is 2. The highest BCUT2D eigenvalue weighted by molar-refractivity contribution is 7.14. The molecule has 0 saturated heterocycles. The van der Waals surface area contributed by atoms with E-state index in [-0.39, 0.29) is 27.1 Å². The largest absolute Gasteiger partial charge is 0.451 e. The summed E-state index contributed by atoms with van der Waals surface area (Å²) in [6.45, 7) is 4.80. The molecular weight excluding hydrogens is 465 g/mol. The summed E-state index contributed by atoms with van der Waals surface area (Å²) >= 11 is 13.0. The van der Waals surface area contributed by atoms with Gasteiger partial charge in [0.1, 0.15) is 11.0 Å². The first kappa shape index (κ1) is 24.6. The van der Waals surface area contributed by atoms with E-state index in [1.807, 2.05) is 0 Å². The second-order valence-corrected chi connectivity index (χ2v) is 8.68. The molecule has 0 bridgehead atoms. The standard InChI is InChI=1S/C20H21Cl2N3O5S/c1-9(2)15(24-18(28)12-5-4-11(21)8-14(12)22)20(29)30-10(3)17(27)25-19-13(16(23)26)6-7-31-19/h4-10,15H,1-3H3,(H2,23,26)(H,24,28)(H,25,27)/t10-,15-/m0/s1. The lowest BCUT2D eigenvalue weighted by Gasteiger charge is -2.23. The van der Waals surface area contributed by atoms with Crippen LogP contribution in [-0.2, 0) is 14.3 Å². The van der Waals surface area contributed by atoms with Crippen molar-refractivity contribution in [1.82, 2.24) is 5.32 Å². The number of carbonyl (C=O) groups is 4. The maximum Gasteiger partial charge on any atom is 0.329 e. The number of esters is 1. The fraction of sp³-hybridized carbons (Fsp3) is 0.300. The Balaban J connectivity index is 2.05. The predicted octanol–water partition coefficient (Wildman–Crippen LogP) is 3.48. The lowest BCUT2D eigenvalue weighted by atomic mass is 10.0. The van der Waals surface area contributed by atoms with Gasteiger partial charge in [-0.15, -0.1) is 11.3 Å². The van der Waals surface area contributed by atoms with Crippen LogP contribution in [0.4, 0.5) is 5.00 Å². The molecule has 8 nitrogen and oxygen atoms in total. The number of benzene rings is 1. The molecule has 2 rings (SSSR count). The summed E-state index contributed by atoms with van der Waals surface area (Å²) in [4.78, 5) is 49.0. The highest BCUT2D eigenvalue weighted by Gasteiger charge is 2.30. The summed E-state index contributed by atoms with van der Waals surface area (Å²) in [5, 5.41) is 7.44. The number of hydrogen-bond donors (Lipinski definition) is 3. The van der Waals surface area contributed by atoms with Crippen molar-refractivity contribution in [1.29, 1.82) is 0 Å². The Hall–Kier alpha value is -2.62. The number of ether oxygens (including phenoxy) is 1. The number of thiophene rings is 1. The van der Waals surface area contributed by atoms with E-state index in [1.54, 1.807) is 19.2 Å². The molecule has 1 aromatic carbocycles. The average Bonchev–Trinajstić information content (AvgIpc) is 3.13. The van der Waals surface area contributed by atoms with Gasteiger partial charge in [0.15, 0.2) is 6.10 Å². The zero-order valence-corrected chi connectivity index (χ0v) is 19.2. The normalized spacial score (nSPS) is 12.7. The van der Waals surface area contributed by atoms with Crippen molar-refractivity contribution in [2.24, 2.45) is 11.7 Å². The predicted molar refractivity (Wildman–Crippen MR) is 120 cm³/mol. The maximum absolute atomic E-state index is 12.6. The van der Waals surface area contributed by atoms with E-state index >= 15 is 0 Å². The minimum atomic E-state index is -1.19. The molecule has 4 N–H and O–H groups in total. The topological polar surface area (TPSA) is 128 Å². The van der Waals surface area contributed by atoms with Crippen LogP contribution in [0.15, 0.2) is 29.6 Å². The molecular formula is C20H21Cl2N3O5S. The van der Waals surface area contributed by atoms with E-state index in [4.69, 9.17) is 33.7 Å². The molecule has 0 aliphatic rings. The van der Waals surface area contributed by atoms with Gasteiger partial charge in [-0.05, 0) is 42.5 Å². The van der Waals surface area contributed by atoms with Gasteiger partial charge in [0.2, 0.25) is 0 Å². The minimum absolute atomic E-state index is 0.134. The Morgan fingerprint density at radius 2 is 1.74 bits per heavy atom. The molecule has 0 aliphatic carbocycles. The Morgan fingerprint density at radius 1 is 1.06 bits per heavy atom. The van der Waals surface area contributed by atoms with Gasteiger partial charge in [-0.2, -0.15) is 0 Å². The molecule has 0 saturated carbocycles. The summed E-state index contributed by atoms with van der Waals surface area (Å²) in [6, 6.07) is 4.81. The fourth-order valence-electron chi connectivity index (χ4n) is 2.51. The van der Waals surface area contributed by atoms with E-state index in [1.165, 1.54) is 31.2 Å². The number of carbonyl (C=O) groups excluding carboxylic acids is 4. The van der Waals surface area contributed by atoms with Crippen LogP contribution in [0.25, 0.3) is 0 Å². The third-order valence-corrected chi connectivity index (χ3v) is 5.59. The molecule has 1 heterocycles. The number of nitrogens with two attached hydrogens (primary N) is 1. The molecule has 1 aromatic heterocycles. The van der Waals surface area contributed by atoms with E-state index in [0.29, 0.717) is 5.02 Å². The summed E-state index contributed by atoms with van der Waals surface area (Å²) < 4.78 is 5.24. The van der Waals surface area contributed by atoms with Gasteiger partial charge >= 0.3 is 5.97 Å². The first-order valence-corrected chi connectivity index (χ1v) is 10.8. The molecule has 31 heavy (non-hydrogen) atoms. The number of rotatable bonds is 8. The first-order chi connectivity index (χ1) is 14.5. The van der Waals surface area contributed by atoms with Gasteiger partial charge in [0, 0.05) is 5.02 Å². The molecule has 0 radical (unpaired) electrons. The van der Waals surface area contributed by atoms with Crippen LogP contribution in [0.3, 0.4) is 0 Å². The van der Waals surface area contributed by atoms with Crippen molar-refractivity contribution in [3.05, 3.63) is 50.8 Å². The van der Waals surface area contributed by atoms with Crippen molar-refractivity contribution in [2.75, 3.05) is 5.32 Å². The summed E-state index contributed by atoms with van der Waals surface area (Å²) in [6.07, 6.45) is -1.19. The smallest absolute Gasteiger partial charge is 0.329 e. The number of primary amides is 1. The molecule has 166 valence electrons. The summed E-state index contributed by atoms with van der Waals surface area (Å²) in [7, 11) is 0. The molecule has 3 amide bonds. The summed E-state index contributed by atoms with van der Waals surface area (Å²) in [5.41, 5.74) is 5.55. The quantitative estimate of drug-likeness (QED) is 0.493. The van der Waals surface area contributed by atoms with Crippen molar-refractivity contribution in [3.8, 4) is 0 Å². The van der Waals surface area contributed by atoms with Gasteiger partial charge < -0.3 is 21.1 Å². The zero-order chi connectivity index (χ0) is 23.3. The van der Waals surface area contributed by atoms with Crippen LogP contribution in [0.1, 0.15) is 41.5 Å². The number of anilines is 1. The monoisotopic (exact) mass is 485 g/mol.